The zero-order chi connectivity index (χ0) is 15.4. The summed E-state index contributed by atoms with van der Waals surface area (Å²) in [5.41, 5.74) is 7.52. The summed E-state index contributed by atoms with van der Waals surface area (Å²) in [7, 11) is 0. The predicted molar refractivity (Wildman–Crippen MR) is 79.7 cm³/mol. The summed E-state index contributed by atoms with van der Waals surface area (Å²) >= 11 is 0. The molecule has 0 aliphatic rings. The van der Waals surface area contributed by atoms with Crippen LogP contribution in [0, 0.1) is 6.92 Å². The van der Waals surface area contributed by atoms with Crippen LogP contribution in [0.2, 0.25) is 0 Å². The first-order valence-electron chi connectivity index (χ1n) is 6.20. The molecule has 0 bridgehead atoms. The number of nitrogens with two attached hydrogens (primary N) is 1. The van der Waals surface area contributed by atoms with Crippen LogP contribution in [0.4, 0.5) is 5.69 Å². The average Bonchev–Trinajstić information content (AvgIpc) is 2.49. The maximum atomic E-state index is 12.1. The van der Waals surface area contributed by atoms with E-state index in [9.17, 15) is 9.90 Å². The lowest BCUT2D eigenvalue weighted by atomic mass is 10.1. The van der Waals surface area contributed by atoms with Crippen LogP contribution in [-0.2, 0) is 0 Å². The van der Waals surface area contributed by atoms with E-state index in [2.05, 4.69) is 10.5 Å². The van der Waals surface area contributed by atoms with Gasteiger partial charge in [-0.25, -0.2) is 0 Å². The normalized spacial score (nSPS) is 11.2. The van der Waals surface area contributed by atoms with E-state index in [1.165, 1.54) is 6.07 Å². The second-order valence-corrected chi connectivity index (χ2v) is 4.52. The van der Waals surface area contributed by atoms with Gasteiger partial charge in [-0.3, -0.25) is 4.79 Å². The van der Waals surface area contributed by atoms with E-state index < -0.39 is 0 Å². The van der Waals surface area contributed by atoms with Crippen molar-refractivity contribution in [2.45, 2.75) is 6.92 Å². The molecule has 21 heavy (non-hydrogen) atoms. The molecule has 0 saturated carbocycles. The lowest BCUT2D eigenvalue weighted by molar-refractivity contribution is 0.102. The van der Waals surface area contributed by atoms with E-state index in [0.29, 0.717) is 22.4 Å². The number of anilines is 1. The van der Waals surface area contributed by atoms with Gasteiger partial charge in [-0.05, 0) is 36.8 Å². The van der Waals surface area contributed by atoms with Crippen molar-refractivity contribution in [3.8, 4) is 5.75 Å². The Morgan fingerprint density at radius 2 is 1.95 bits per heavy atom. The number of aryl methyl sites for hydroxylation is 1. The van der Waals surface area contributed by atoms with Gasteiger partial charge in [0.1, 0.15) is 5.75 Å². The lowest BCUT2D eigenvalue weighted by Gasteiger charge is -2.08. The van der Waals surface area contributed by atoms with Gasteiger partial charge in [0.05, 0.1) is 0 Å². The van der Waals surface area contributed by atoms with Crippen molar-refractivity contribution >= 4 is 17.4 Å². The van der Waals surface area contributed by atoms with Crippen molar-refractivity contribution in [1.82, 2.24) is 0 Å². The Hall–Kier alpha value is -3.02. The number of nitrogens with zero attached hydrogens (tertiary/aromatic N) is 1. The molecule has 0 unspecified atom stereocenters. The molecule has 2 rings (SSSR count). The van der Waals surface area contributed by atoms with Crippen molar-refractivity contribution in [3.05, 3.63) is 59.2 Å². The summed E-state index contributed by atoms with van der Waals surface area (Å²) in [4.78, 5) is 12.1. The number of aromatic hydroxyl groups is 1. The van der Waals surface area contributed by atoms with Gasteiger partial charge in [0.15, 0.2) is 5.84 Å². The molecule has 0 aliphatic heterocycles. The number of phenols is 1. The molecular formula is C15H15N3O3. The minimum Gasteiger partial charge on any atom is -0.508 e. The van der Waals surface area contributed by atoms with E-state index in [0.717, 1.165) is 0 Å². The van der Waals surface area contributed by atoms with Gasteiger partial charge in [-0.15, -0.1) is 0 Å². The summed E-state index contributed by atoms with van der Waals surface area (Å²) in [5, 5.41) is 23.9. The second kappa shape index (κ2) is 5.96. The Kier molecular flexibility index (Phi) is 4.08. The average molecular weight is 285 g/mol. The van der Waals surface area contributed by atoms with Gasteiger partial charge in [0.25, 0.3) is 5.91 Å². The Labute approximate surface area is 121 Å². The Balaban J connectivity index is 2.21. The minimum atomic E-state index is -0.359. The topological polar surface area (TPSA) is 108 Å². The van der Waals surface area contributed by atoms with Crippen molar-refractivity contribution in [3.63, 3.8) is 0 Å². The maximum absolute atomic E-state index is 12.1. The molecule has 5 N–H and O–H groups in total. The highest BCUT2D eigenvalue weighted by Crippen LogP contribution is 2.19. The molecule has 0 saturated heterocycles. The monoisotopic (exact) mass is 285 g/mol. The van der Waals surface area contributed by atoms with Crippen LogP contribution in [0.15, 0.2) is 47.6 Å². The number of benzene rings is 2. The minimum absolute atomic E-state index is 0.0425. The number of phenolic OH excluding ortho intramolecular Hbond substituents is 1. The number of oxime groups is 1. The van der Waals surface area contributed by atoms with E-state index >= 15 is 0 Å². The number of carbonyl (C=O) groups is 1. The van der Waals surface area contributed by atoms with Crippen LogP contribution >= 0.6 is 0 Å². The molecule has 2 aromatic carbocycles. The maximum Gasteiger partial charge on any atom is 0.255 e. The van der Waals surface area contributed by atoms with Gasteiger partial charge in [0.2, 0.25) is 0 Å². The van der Waals surface area contributed by atoms with Crippen LogP contribution in [-0.4, -0.2) is 22.1 Å². The fraction of sp³-hybridized carbons (Fsp3) is 0.0667. The number of carbonyl (C=O) groups excluding carboxylic acids is 1. The first-order valence-corrected chi connectivity index (χ1v) is 6.20. The first-order chi connectivity index (χ1) is 10.0. The summed E-state index contributed by atoms with van der Waals surface area (Å²) in [6.07, 6.45) is 0. The summed E-state index contributed by atoms with van der Waals surface area (Å²) in [6, 6.07) is 11.3. The van der Waals surface area contributed by atoms with E-state index in [-0.39, 0.29) is 17.5 Å². The van der Waals surface area contributed by atoms with Crippen LogP contribution in [0.1, 0.15) is 21.5 Å². The zero-order valence-electron chi connectivity index (χ0n) is 11.4. The summed E-state index contributed by atoms with van der Waals surface area (Å²) < 4.78 is 0. The smallest absolute Gasteiger partial charge is 0.255 e. The molecule has 0 atom stereocenters. The first kappa shape index (κ1) is 14.4. The molecule has 0 heterocycles. The van der Waals surface area contributed by atoms with Crippen LogP contribution < -0.4 is 11.1 Å². The highest BCUT2D eigenvalue weighted by atomic mass is 16.4. The van der Waals surface area contributed by atoms with Gasteiger partial charge in [-0.2, -0.15) is 0 Å². The standard InChI is InChI=1S/C15H15N3O3/c1-9-5-6-11(8-13(9)19)15(20)17-12-4-2-3-10(7-12)14(16)18-21/h2-8,19,21H,1H3,(H2,16,18)(H,17,20). The molecule has 2 aromatic rings. The lowest BCUT2D eigenvalue weighted by Crippen LogP contribution is -2.15. The molecule has 0 radical (unpaired) electrons. The molecule has 6 nitrogen and oxygen atoms in total. The number of rotatable bonds is 3. The zero-order valence-corrected chi connectivity index (χ0v) is 11.4. The van der Waals surface area contributed by atoms with Crippen LogP contribution in [0.3, 0.4) is 0 Å². The fourth-order valence-corrected chi connectivity index (χ4v) is 1.77. The highest BCUT2D eigenvalue weighted by molar-refractivity contribution is 6.05. The van der Waals surface area contributed by atoms with Gasteiger partial charge in [-0.1, -0.05) is 23.4 Å². The number of amides is 1. The molecule has 108 valence electrons. The number of hydrogen-bond donors (Lipinski definition) is 4. The van der Waals surface area contributed by atoms with Crippen LogP contribution in [0.5, 0.6) is 5.75 Å². The molecular weight excluding hydrogens is 270 g/mol. The van der Waals surface area contributed by atoms with Gasteiger partial charge >= 0.3 is 0 Å². The fourth-order valence-electron chi connectivity index (χ4n) is 1.77. The molecule has 0 aliphatic carbocycles. The number of amidine groups is 1. The third kappa shape index (κ3) is 3.30. The quantitative estimate of drug-likeness (QED) is 0.299. The van der Waals surface area contributed by atoms with E-state index in [1.54, 1.807) is 43.3 Å². The van der Waals surface area contributed by atoms with E-state index in [4.69, 9.17) is 10.9 Å². The molecule has 1 amide bonds. The number of nitrogens with one attached hydrogen (secondary N) is 1. The molecule has 0 fully saturated rings. The van der Waals surface area contributed by atoms with Crippen molar-refractivity contribution < 1.29 is 15.1 Å². The number of hydrogen-bond acceptors (Lipinski definition) is 4. The Morgan fingerprint density at radius 3 is 2.62 bits per heavy atom. The molecule has 0 spiro atoms. The van der Waals surface area contributed by atoms with Gasteiger partial charge in [0, 0.05) is 16.8 Å². The largest absolute Gasteiger partial charge is 0.508 e. The SMILES string of the molecule is Cc1ccc(C(=O)Nc2cccc(/C(N)=N/O)c2)cc1O. The van der Waals surface area contributed by atoms with Crippen molar-refractivity contribution in [2.75, 3.05) is 5.32 Å². The molecule has 0 aromatic heterocycles. The van der Waals surface area contributed by atoms with Crippen molar-refractivity contribution in [2.24, 2.45) is 10.9 Å². The highest BCUT2D eigenvalue weighted by Gasteiger charge is 2.09. The third-order valence-electron chi connectivity index (χ3n) is 3.00. The summed E-state index contributed by atoms with van der Waals surface area (Å²) in [5.74, 6) is -0.339. The predicted octanol–water partition coefficient (Wildman–Crippen LogP) is 2.05. The Morgan fingerprint density at radius 1 is 1.19 bits per heavy atom. The third-order valence-corrected chi connectivity index (χ3v) is 3.00. The van der Waals surface area contributed by atoms with Gasteiger partial charge < -0.3 is 21.4 Å². The molecule has 6 heteroatoms. The summed E-state index contributed by atoms with van der Waals surface area (Å²) in [6.45, 7) is 1.75. The second-order valence-electron chi connectivity index (χ2n) is 4.52. The van der Waals surface area contributed by atoms with Crippen molar-refractivity contribution in [1.29, 1.82) is 0 Å². The Bertz CT molecular complexity index is 711. The van der Waals surface area contributed by atoms with E-state index in [1.807, 2.05) is 0 Å². The van der Waals surface area contributed by atoms with Crippen LogP contribution in [0.25, 0.3) is 0 Å².